The van der Waals surface area contributed by atoms with Crippen LogP contribution < -0.4 is 16.2 Å². The highest BCUT2D eigenvalue weighted by Crippen LogP contribution is 2.37. The summed E-state index contributed by atoms with van der Waals surface area (Å²) in [5.74, 6) is -1.03. The average Bonchev–Trinajstić information content (AvgIpc) is 3.23. The molecule has 3 amide bonds. The summed E-state index contributed by atoms with van der Waals surface area (Å²) in [6.07, 6.45) is 1.67. The maximum atomic E-state index is 13.3. The van der Waals surface area contributed by atoms with Gasteiger partial charge in [0.25, 0.3) is 11.8 Å². The summed E-state index contributed by atoms with van der Waals surface area (Å²) in [5, 5.41) is 3.26. The molecule has 10 nitrogen and oxygen atoms in total. The van der Waals surface area contributed by atoms with E-state index in [1.54, 1.807) is 0 Å². The van der Waals surface area contributed by atoms with Crippen molar-refractivity contribution >= 4 is 44.1 Å². The zero-order valence-electron chi connectivity index (χ0n) is 24.2. The Kier molecular flexibility index (Phi) is 10.9. The number of fused-ring (bicyclic) bond motifs is 1. The van der Waals surface area contributed by atoms with Crippen LogP contribution in [0.4, 0.5) is 5.00 Å². The molecule has 1 aliphatic heterocycles. The van der Waals surface area contributed by atoms with Crippen molar-refractivity contribution in [1.29, 1.82) is 0 Å². The summed E-state index contributed by atoms with van der Waals surface area (Å²) < 4.78 is 28.2. The number of benzene rings is 1. The van der Waals surface area contributed by atoms with Crippen LogP contribution in [-0.4, -0.2) is 61.5 Å². The molecular formula is C28H41N5O5S2. The maximum Gasteiger partial charge on any atom is 0.272 e. The molecule has 220 valence electrons. The van der Waals surface area contributed by atoms with Crippen LogP contribution in [-0.2, 0) is 27.8 Å². The molecule has 3 N–H and O–H groups in total. The van der Waals surface area contributed by atoms with Gasteiger partial charge in [0, 0.05) is 43.5 Å². The smallest absolute Gasteiger partial charge is 0.272 e. The van der Waals surface area contributed by atoms with E-state index in [1.165, 1.54) is 46.8 Å². The molecule has 1 aliphatic rings. The van der Waals surface area contributed by atoms with Crippen molar-refractivity contribution < 1.29 is 22.8 Å². The van der Waals surface area contributed by atoms with E-state index in [1.807, 2.05) is 27.7 Å². The first kappa shape index (κ1) is 31.7. The highest BCUT2D eigenvalue weighted by atomic mass is 32.2. The van der Waals surface area contributed by atoms with Crippen LogP contribution in [0, 0.1) is 11.8 Å². The van der Waals surface area contributed by atoms with E-state index in [4.69, 9.17) is 0 Å². The van der Waals surface area contributed by atoms with Crippen LogP contribution in [0.3, 0.4) is 0 Å². The van der Waals surface area contributed by atoms with Gasteiger partial charge in [0.05, 0.1) is 10.5 Å². The minimum absolute atomic E-state index is 0.128. The second-order valence-corrected chi connectivity index (χ2v) is 14.0. The number of hydrazine groups is 1. The Balaban J connectivity index is 1.86. The van der Waals surface area contributed by atoms with Gasteiger partial charge >= 0.3 is 0 Å². The first-order valence-corrected chi connectivity index (χ1v) is 15.9. The highest BCUT2D eigenvalue weighted by molar-refractivity contribution is 7.89. The summed E-state index contributed by atoms with van der Waals surface area (Å²) in [6.45, 7) is 14.5. The molecule has 0 radical (unpaired) electrons. The third-order valence-electron chi connectivity index (χ3n) is 6.37. The van der Waals surface area contributed by atoms with Gasteiger partial charge in [0.15, 0.2) is 0 Å². The Hall–Kier alpha value is -2.80. The Labute approximate surface area is 241 Å². The predicted octanol–water partition coefficient (Wildman–Crippen LogP) is 3.85. The lowest BCUT2D eigenvalue weighted by Gasteiger charge is -2.26. The van der Waals surface area contributed by atoms with Crippen LogP contribution in [0.15, 0.2) is 29.2 Å². The number of carbonyl (C=O) groups excluding carboxylic acids is 3. The van der Waals surface area contributed by atoms with Gasteiger partial charge in [0.1, 0.15) is 5.00 Å². The minimum atomic E-state index is -3.72. The Morgan fingerprint density at radius 2 is 1.62 bits per heavy atom. The number of rotatable bonds is 11. The molecule has 2 heterocycles. The Bertz CT molecular complexity index is 1310. The second-order valence-electron chi connectivity index (χ2n) is 11.0. The molecule has 0 unspecified atom stereocenters. The molecule has 0 bridgehead atoms. The molecule has 0 fully saturated rings. The maximum absolute atomic E-state index is 13.3. The fourth-order valence-electron chi connectivity index (χ4n) is 4.69. The summed E-state index contributed by atoms with van der Waals surface area (Å²) >= 11 is 1.35. The van der Waals surface area contributed by atoms with Gasteiger partial charge in [-0.2, -0.15) is 4.31 Å². The lowest BCUT2D eigenvalue weighted by Crippen LogP contribution is -2.41. The number of thiophene rings is 1. The van der Waals surface area contributed by atoms with Crippen molar-refractivity contribution in [1.82, 2.24) is 20.1 Å². The second kappa shape index (κ2) is 13.7. The van der Waals surface area contributed by atoms with E-state index in [2.05, 4.69) is 28.0 Å². The zero-order valence-corrected chi connectivity index (χ0v) is 25.8. The van der Waals surface area contributed by atoms with E-state index >= 15 is 0 Å². The van der Waals surface area contributed by atoms with E-state index in [0.717, 1.165) is 30.0 Å². The summed E-state index contributed by atoms with van der Waals surface area (Å²) in [4.78, 5) is 41.1. The fourth-order valence-corrected chi connectivity index (χ4v) is 7.74. The number of nitrogens with zero attached hydrogens (tertiary/aromatic N) is 2. The van der Waals surface area contributed by atoms with Crippen LogP contribution >= 0.6 is 11.3 Å². The molecule has 0 atom stereocenters. The molecule has 0 saturated heterocycles. The highest BCUT2D eigenvalue weighted by Gasteiger charge is 2.30. The van der Waals surface area contributed by atoms with Gasteiger partial charge in [-0.05, 0) is 61.1 Å². The number of hydrogen-bond acceptors (Lipinski definition) is 7. The quantitative estimate of drug-likeness (QED) is 0.341. The van der Waals surface area contributed by atoms with E-state index < -0.39 is 27.7 Å². The van der Waals surface area contributed by atoms with Gasteiger partial charge in [-0.3, -0.25) is 30.1 Å². The number of amides is 3. The van der Waals surface area contributed by atoms with Gasteiger partial charge < -0.3 is 5.32 Å². The van der Waals surface area contributed by atoms with Crippen LogP contribution in [0.1, 0.15) is 79.1 Å². The molecule has 40 heavy (non-hydrogen) atoms. The standard InChI is InChI=1S/C28H41N5O5S2/c1-7-13-32-14-12-23-24(17-32)39-28(25(23)27(36)31-30-20(6)34)29-26(35)21-8-10-22(11-9-21)40(37,38)33(15-18(2)3)16-19(4)5/h8-11,18-19H,7,12-17H2,1-6H3,(H,29,35)(H,30,34)(H,31,36). The molecule has 0 spiro atoms. The van der Waals surface area contributed by atoms with Crippen molar-refractivity contribution in [2.24, 2.45) is 11.8 Å². The van der Waals surface area contributed by atoms with E-state index in [-0.39, 0.29) is 22.3 Å². The van der Waals surface area contributed by atoms with Crippen molar-refractivity contribution in [2.45, 2.75) is 65.8 Å². The number of nitrogens with one attached hydrogen (secondary N) is 3. The number of carbonyl (C=O) groups is 3. The first-order valence-electron chi connectivity index (χ1n) is 13.7. The topological polar surface area (TPSA) is 128 Å². The van der Waals surface area contributed by atoms with Crippen LogP contribution in [0.5, 0.6) is 0 Å². The van der Waals surface area contributed by atoms with Gasteiger partial charge in [-0.1, -0.05) is 34.6 Å². The summed E-state index contributed by atoms with van der Waals surface area (Å²) in [6, 6.07) is 5.87. The first-order chi connectivity index (χ1) is 18.8. The van der Waals surface area contributed by atoms with Gasteiger partial charge in [-0.15, -0.1) is 11.3 Å². The third-order valence-corrected chi connectivity index (χ3v) is 9.35. The van der Waals surface area contributed by atoms with Crippen LogP contribution in [0.25, 0.3) is 0 Å². The van der Waals surface area contributed by atoms with Crippen molar-refractivity contribution in [3.05, 3.63) is 45.8 Å². The van der Waals surface area contributed by atoms with Crippen molar-refractivity contribution in [3.8, 4) is 0 Å². The molecule has 3 rings (SSSR count). The van der Waals surface area contributed by atoms with E-state index in [0.29, 0.717) is 36.6 Å². The molecule has 0 saturated carbocycles. The normalized spacial score (nSPS) is 13.9. The fraction of sp³-hybridized carbons (Fsp3) is 0.536. The molecular weight excluding hydrogens is 550 g/mol. The number of sulfonamides is 1. The molecule has 1 aromatic heterocycles. The summed E-state index contributed by atoms with van der Waals surface area (Å²) in [5.41, 5.74) is 6.21. The van der Waals surface area contributed by atoms with E-state index in [9.17, 15) is 22.8 Å². The monoisotopic (exact) mass is 591 g/mol. The van der Waals surface area contributed by atoms with Crippen molar-refractivity contribution in [3.63, 3.8) is 0 Å². The molecule has 1 aromatic carbocycles. The largest absolute Gasteiger partial charge is 0.313 e. The number of anilines is 1. The lowest BCUT2D eigenvalue weighted by molar-refractivity contribution is -0.119. The Morgan fingerprint density at radius 1 is 1.00 bits per heavy atom. The predicted molar refractivity (Wildman–Crippen MR) is 158 cm³/mol. The molecule has 0 aliphatic carbocycles. The van der Waals surface area contributed by atoms with Gasteiger partial charge in [0.2, 0.25) is 15.9 Å². The minimum Gasteiger partial charge on any atom is -0.313 e. The molecule has 2 aromatic rings. The SMILES string of the molecule is CCCN1CCc2c(sc(NC(=O)c3ccc(S(=O)(=O)N(CC(C)C)CC(C)C)cc3)c2C(=O)NNC(C)=O)C1. The van der Waals surface area contributed by atoms with Crippen molar-refractivity contribution in [2.75, 3.05) is 31.5 Å². The summed E-state index contributed by atoms with van der Waals surface area (Å²) in [7, 11) is -3.72. The van der Waals surface area contributed by atoms with Crippen LogP contribution in [0.2, 0.25) is 0 Å². The lowest BCUT2D eigenvalue weighted by atomic mass is 10.0. The van der Waals surface area contributed by atoms with Gasteiger partial charge in [-0.25, -0.2) is 8.42 Å². The molecule has 12 heteroatoms. The average molecular weight is 592 g/mol. The third kappa shape index (κ3) is 7.90. The Morgan fingerprint density at radius 3 is 2.17 bits per heavy atom. The zero-order chi connectivity index (χ0) is 29.6. The number of hydrogen-bond donors (Lipinski definition) is 3.